The molecule has 2 aromatic heterocycles. The molecule has 0 amide bonds. The SMILES string of the molecule is CC(O)CNc1nc(NCc2cc(F)ccc2O)c2ncn(C3CCCCC3)c2n1. The fraction of sp³-hybridized carbons (Fsp3) is 0.476. The van der Waals surface area contributed by atoms with Crippen LogP contribution in [0.4, 0.5) is 16.2 Å². The van der Waals surface area contributed by atoms with E-state index in [0.29, 0.717) is 35.4 Å². The number of aliphatic hydroxyl groups excluding tert-OH is 1. The third-order valence-electron chi connectivity index (χ3n) is 5.43. The van der Waals surface area contributed by atoms with Gasteiger partial charge in [-0.3, -0.25) is 0 Å². The van der Waals surface area contributed by atoms with Gasteiger partial charge in [0.05, 0.1) is 12.4 Å². The molecule has 3 aromatic rings. The molecule has 1 aliphatic rings. The van der Waals surface area contributed by atoms with Crippen molar-refractivity contribution < 1.29 is 14.6 Å². The second-order valence-corrected chi connectivity index (χ2v) is 7.87. The van der Waals surface area contributed by atoms with E-state index in [-0.39, 0.29) is 12.3 Å². The number of anilines is 2. The summed E-state index contributed by atoms with van der Waals surface area (Å²) < 4.78 is 15.7. The van der Waals surface area contributed by atoms with Crippen LogP contribution in [0.3, 0.4) is 0 Å². The average Bonchev–Trinajstić information content (AvgIpc) is 3.17. The Labute approximate surface area is 174 Å². The van der Waals surface area contributed by atoms with Crippen LogP contribution >= 0.6 is 0 Å². The van der Waals surface area contributed by atoms with Crippen LogP contribution in [0.25, 0.3) is 11.2 Å². The zero-order chi connectivity index (χ0) is 21.1. The van der Waals surface area contributed by atoms with Gasteiger partial charge in [-0.2, -0.15) is 9.97 Å². The van der Waals surface area contributed by atoms with Crippen molar-refractivity contribution in [3.05, 3.63) is 35.9 Å². The standard InChI is InChI=1S/C21H27FN6O2/c1-13(29)10-24-21-26-19(23-11-14-9-15(22)7-8-17(14)30)18-20(27-21)28(12-25-18)16-5-3-2-4-6-16/h7-9,12-13,16,29-30H,2-6,10-11H2,1H3,(H2,23,24,26,27). The third-order valence-corrected chi connectivity index (χ3v) is 5.43. The quantitative estimate of drug-likeness (QED) is 0.468. The summed E-state index contributed by atoms with van der Waals surface area (Å²) in [6, 6.07) is 4.18. The largest absolute Gasteiger partial charge is 0.508 e. The lowest BCUT2D eigenvalue weighted by atomic mass is 9.95. The first-order valence-electron chi connectivity index (χ1n) is 10.4. The molecule has 1 aliphatic carbocycles. The number of hydrogen-bond donors (Lipinski definition) is 4. The van der Waals surface area contributed by atoms with Crippen molar-refractivity contribution >= 4 is 22.9 Å². The zero-order valence-electron chi connectivity index (χ0n) is 17.0. The number of phenolic OH excluding ortho intramolecular Hbond substituents is 1. The minimum Gasteiger partial charge on any atom is -0.508 e. The number of phenols is 1. The molecule has 1 fully saturated rings. The molecule has 4 rings (SSSR count). The van der Waals surface area contributed by atoms with Gasteiger partial charge in [-0.25, -0.2) is 9.37 Å². The second-order valence-electron chi connectivity index (χ2n) is 7.87. The Kier molecular flexibility index (Phi) is 5.98. The number of imidazole rings is 1. The number of aliphatic hydroxyl groups is 1. The second kappa shape index (κ2) is 8.83. The Hall–Kier alpha value is -2.94. The van der Waals surface area contributed by atoms with Crippen LogP contribution in [0.5, 0.6) is 5.75 Å². The fourth-order valence-electron chi connectivity index (χ4n) is 3.86. The normalized spacial score (nSPS) is 16.0. The van der Waals surface area contributed by atoms with Crippen LogP contribution in [0.1, 0.15) is 50.6 Å². The summed E-state index contributed by atoms with van der Waals surface area (Å²) in [7, 11) is 0. The first kappa shape index (κ1) is 20.3. The number of fused-ring (bicyclic) bond motifs is 1. The van der Waals surface area contributed by atoms with Crippen LogP contribution in [0.2, 0.25) is 0 Å². The van der Waals surface area contributed by atoms with Gasteiger partial charge in [-0.15, -0.1) is 0 Å². The highest BCUT2D eigenvalue weighted by Gasteiger charge is 2.21. The molecule has 9 heteroatoms. The lowest BCUT2D eigenvalue weighted by molar-refractivity contribution is 0.208. The third kappa shape index (κ3) is 4.46. The minimum atomic E-state index is -0.548. The molecule has 2 heterocycles. The molecule has 1 aromatic carbocycles. The van der Waals surface area contributed by atoms with E-state index in [1.807, 2.05) is 0 Å². The zero-order valence-corrected chi connectivity index (χ0v) is 17.0. The summed E-state index contributed by atoms with van der Waals surface area (Å²) in [5, 5.41) is 25.8. The maximum atomic E-state index is 13.6. The molecule has 0 spiro atoms. The van der Waals surface area contributed by atoms with Crippen molar-refractivity contribution in [2.24, 2.45) is 0 Å². The molecule has 1 atom stereocenters. The molecule has 1 saturated carbocycles. The number of halogens is 1. The van der Waals surface area contributed by atoms with Gasteiger partial charge in [0, 0.05) is 24.7 Å². The van der Waals surface area contributed by atoms with E-state index in [1.165, 1.54) is 37.5 Å². The molecule has 0 saturated heterocycles. The Morgan fingerprint density at radius 1 is 1.20 bits per heavy atom. The highest BCUT2D eigenvalue weighted by atomic mass is 19.1. The van der Waals surface area contributed by atoms with Crippen LogP contribution in [0, 0.1) is 5.82 Å². The number of aromatic nitrogens is 4. The van der Waals surface area contributed by atoms with Gasteiger partial charge in [0.25, 0.3) is 0 Å². The Bertz CT molecular complexity index is 1020. The predicted molar refractivity (Wildman–Crippen MR) is 113 cm³/mol. The van der Waals surface area contributed by atoms with E-state index in [9.17, 15) is 14.6 Å². The summed E-state index contributed by atoms with van der Waals surface area (Å²) in [6.07, 6.45) is 7.06. The monoisotopic (exact) mass is 414 g/mol. The van der Waals surface area contributed by atoms with Crippen molar-refractivity contribution in [2.75, 3.05) is 17.2 Å². The highest BCUT2D eigenvalue weighted by Crippen LogP contribution is 2.32. The van der Waals surface area contributed by atoms with E-state index >= 15 is 0 Å². The van der Waals surface area contributed by atoms with Gasteiger partial charge in [0.1, 0.15) is 11.6 Å². The first-order valence-corrected chi connectivity index (χ1v) is 10.4. The number of rotatable bonds is 7. The van der Waals surface area contributed by atoms with Gasteiger partial charge in [-0.05, 0) is 38.0 Å². The summed E-state index contributed by atoms with van der Waals surface area (Å²) >= 11 is 0. The van der Waals surface area contributed by atoms with Crippen LogP contribution in [0.15, 0.2) is 24.5 Å². The average molecular weight is 414 g/mol. The molecular weight excluding hydrogens is 387 g/mol. The Morgan fingerprint density at radius 3 is 2.77 bits per heavy atom. The van der Waals surface area contributed by atoms with Gasteiger partial charge in [0.2, 0.25) is 5.95 Å². The predicted octanol–water partition coefficient (Wildman–Crippen LogP) is 3.58. The number of nitrogens with one attached hydrogen (secondary N) is 2. The minimum absolute atomic E-state index is 0.00869. The molecule has 0 bridgehead atoms. The van der Waals surface area contributed by atoms with Crippen molar-refractivity contribution in [3.8, 4) is 5.75 Å². The summed E-state index contributed by atoms with van der Waals surface area (Å²) in [6.45, 7) is 2.18. The van der Waals surface area contributed by atoms with E-state index in [1.54, 1.807) is 13.3 Å². The molecule has 4 N–H and O–H groups in total. The van der Waals surface area contributed by atoms with Crippen molar-refractivity contribution in [2.45, 2.75) is 57.7 Å². The smallest absolute Gasteiger partial charge is 0.226 e. The lowest BCUT2D eigenvalue weighted by Crippen LogP contribution is -2.18. The van der Waals surface area contributed by atoms with Gasteiger partial charge >= 0.3 is 0 Å². The molecule has 1 unspecified atom stereocenters. The highest BCUT2D eigenvalue weighted by molar-refractivity contribution is 5.84. The fourth-order valence-corrected chi connectivity index (χ4v) is 3.86. The number of aromatic hydroxyl groups is 1. The number of benzene rings is 1. The van der Waals surface area contributed by atoms with Gasteiger partial charge < -0.3 is 25.4 Å². The van der Waals surface area contributed by atoms with Gasteiger partial charge in [0.15, 0.2) is 17.0 Å². The van der Waals surface area contributed by atoms with Crippen molar-refractivity contribution in [1.82, 2.24) is 19.5 Å². The molecule has 0 aliphatic heterocycles. The summed E-state index contributed by atoms with van der Waals surface area (Å²) in [4.78, 5) is 13.7. The number of nitrogens with zero attached hydrogens (tertiary/aromatic N) is 4. The lowest BCUT2D eigenvalue weighted by Gasteiger charge is -2.23. The first-order chi connectivity index (χ1) is 14.5. The van der Waals surface area contributed by atoms with Crippen molar-refractivity contribution in [1.29, 1.82) is 0 Å². The van der Waals surface area contributed by atoms with Crippen LogP contribution in [-0.2, 0) is 6.54 Å². The maximum absolute atomic E-state index is 13.6. The summed E-state index contributed by atoms with van der Waals surface area (Å²) in [5.74, 6) is 0.464. The molecular formula is C21H27FN6O2. The van der Waals surface area contributed by atoms with E-state index in [0.717, 1.165) is 18.5 Å². The molecule has 160 valence electrons. The molecule has 0 radical (unpaired) electrons. The van der Waals surface area contributed by atoms with Crippen LogP contribution < -0.4 is 10.6 Å². The van der Waals surface area contributed by atoms with E-state index in [2.05, 4.69) is 30.2 Å². The molecule has 30 heavy (non-hydrogen) atoms. The van der Waals surface area contributed by atoms with Crippen molar-refractivity contribution in [3.63, 3.8) is 0 Å². The molecule has 8 nitrogen and oxygen atoms in total. The maximum Gasteiger partial charge on any atom is 0.226 e. The van der Waals surface area contributed by atoms with E-state index < -0.39 is 11.9 Å². The number of hydrogen-bond acceptors (Lipinski definition) is 7. The van der Waals surface area contributed by atoms with Gasteiger partial charge in [-0.1, -0.05) is 19.3 Å². The Balaban J connectivity index is 1.67. The van der Waals surface area contributed by atoms with Crippen LogP contribution in [-0.4, -0.2) is 42.4 Å². The van der Waals surface area contributed by atoms with E-state index in [4.69, 9.17) is 0 Å². The Morgan fingerprint density at radius 2 is 2.00 bits per heavy atom. The topological polar surface area (TPSA) is 108 Å². The summed E-state index contributed by atoms with van der Waals surface area (Å²) in [5.41, 5.74) is 1.77.